The Bertz CT molecular complexity index is 403. The van der Waals surface area contributed by atoms with Crippen LogP contribution in [0.4, 0.5) is 0 Å². The van der Waals surface area contributed by atoms with Gasteiger partial charge in [0, 0.05) is 16.9 Å². The molecule has 0 rings (SSSR count). The van der Waals surface area contributed by atoms with Gasteiger partial charge < -0.3 is 0 Å². The van der Waals surface area contributed by atoms with Gasteiger partial charge in [-0.15, -0.1) is 5.92 Å². The molecule has 0 heterocycles. The fourth-order valence-electron chi connectivity index (χ4n) is 2.26. The van der Waals surface area contributed by atoms with Gasteiger partial charge in [0.25, 0.3) is 0 Å². The zero-order valence-electron chi connectivity index (χ0n) is 14.9. The van der Waals surface area contributed by atoms with Gasteiger partial charge in [-0.2, -0.15) is 0 Å². The second-order valence-corrected chi connectivity index (χ2v) is 7.04. The summed E-state index contributed by atoms with van der Waals surface area (Å²) in [5.41, 5.74) is 1.32. The molecule has 0 aliphatic carbocycles. The maximum atomic E-state index is 6.47. The molecule has 0 spiro atoms. The van der Waals surface area contributed by atoms with Crippen LogP contribution < -0.4 is 0 Å². The second kappa shape index (κ2) is 10.1. The number of halogens is 1. The summed E-state index contributed by atoms with van der Waals surface area (Å²) >= 11 is 6.47. The van der Waals surface area contributed by atoms with E-state index in [9.17, 15) is 0 Å². The van der Waals surface area contributed by atoms with E-state index >= 15 is 0 Å². The molecule has 120 valence electrons. The highest BCUT2D eigenvalue weighted by Crippen LogP contribution is 2.30. The molecule has 1 heteroatoms. The average Bonchev–Trinajstić information content (AvgIpc) is 2.45. The van der Waals surface area contributed by atoms with E-state index in [-0.39, 0.29) is 5.41 Å². The van der Waals surface area contributed by atoms with Gasteiger partial charge in [0.05, 0.1) is 0 Å². The summed E-state index contributed by atoms with van der Waals surface area (Å²) in [7, 11) is 0. The minimum absolute atomic E-state index is 0.136. The molecule has 21 heavy (non-hydrogen) atoms. The fraction of sp³-hybridized carbons (Fsp3) is 0.700. The molecule has 1 unspecified atom stereocenters. The summed E-state index contributed by atoms with van der Waals surface area (Å²) in [5.74, 6) is 7.97. The molecule has 0 radical (unpaired) electrons. The third-order valence-electron chi connectivity index (χ3n) is 4.48. The average molecular weight is 309 g/mol. The molecule has 0 bridgehead atoms. The van der Waals surface area contributed by atoms with Crippen molar-refractivity contribution in [2.75, 3.05) is 0 Å². The SMILES string of the molecule is C=C/C(CC)=C(/Cl)CC(CC)[C@H](C)CC#CC(C)(C)CC. The van der Waals surface area contributed by atoms with Crippen LogP contribution in [0.3, 0.4) is 0 Å². The Balaban J connectivity index is 4.75. The van der Waals surface area contributed by atoms with Crippen molar-refractivity contribution in [3.05, 3.63) is 23.3 Å². The molecule has 0 aliphatic rings. The van der Waals surface area contributed by atoms with Crippen LogP contribution >= 0.6 is 11.6 Å². The molecule has 2 atom stereocenters. The highest BCUT2D eigenvalue weighted by atomic mass is 35.5. The lowest BCUT2D eigenvalue weighted by atomic mass is 9.85. The third kappa shape index (κ3) is 7.77. The molecular formula is C20H33Cl. The Morgan fingerprint density at radius 2 is 1.90 bits per heavy atom. The Morgan fingerprint density at radius 3 is 2.33 bits per heavy atom. The van der Waals surface area contributed by atoms with Crippen molar-refractivity contribution in [3.8, 4) is 11.8 Å². The molecular weight excluding hydrogens is 276 g/mol. The number of hydrogen-bond donors (Lipinski definition) is 0. The lowest BCUT2D eigenvalue weighted by molar-refractivity contribution is 0.353. The molecule has 0 saturated heterocycles. The Labute approximate surface area is 138 Å². The highest BCUT2D eigenvalue weighted by Gasteiger charge is 2.17. The predicted molar refractivity (Wildman–Crippen MR) is 97.4 cm³/mol. The Hall–Kier alpha value is -0.670. The quantitative estimate of drug-likeness (QED) is 0.336. The summed E-state index contributed by atoms with van der Waals surface area (Å²) in [6.45, 7) is 17.1. The second-order valence-electron chi connectivity index (χ2n) is 6.58. The first-order valence-corrected chi connectivity index (χ1v) is 8.68. The number of hydrogen-bond acceptors (Lipinski definition) is 0. The Morgan fingerprint density at radius 1 is 1.29 bits per heavy atom. The highest BCUT2D eigenvalue weighted by molar-refractivity contribution is 6.30. The molecule has 0 aromatic rings. The molecule has 0 aromatic heterocycles. The maximum absolute atomic E-state index is 6.47. The van der Waals surface area contributed by atoms with Gasteiger partial charge in [-0.25, -0.2) is 0 Å². The first-order chi connectivity index (χ1) is 9.81. The van der Waals surface area contributed by atoms with Gasteiger partial charge in [0.1, 0.15) is 0 Å². The lowest BCUT2D eigenvalue weighted by Gasteiger charge is -2.22. The van der Waals surface area contributed by atoms with Crippen molar-refractivity contribution in [2.45, 2.75) is 73.6 Å². The lowest BCUT2D eigenvalue weighted by Crippen LogP contribution is -2.12. The number of rotatable bonds is 8. The van der Waals surface area contributed by atoms with Crippen LogP contribution in [-0.2, 0) is 0 Å². The monoisotopic (exact) mass is 308 g/mol. The van der Waals surface area contributed by atoms with Crippen LogP contribution in [0.2, 0.25) is 0 Å². The normalized spacial score (nSPS) is 15.6. The summed E-state index contributed by atoms with van der Waals surface area (Å²) in [5, 5.41) is 0.980. The molecule has 0 nitrogen and oxygen atoms in total. The van der Waals surface area contributed by atoms with Gasteiger partial charge in [0.15, 0.2) is 0 Å². The number of allylic oxidation sites excluding steroid dienone is 3. The minimum atomic E-state index is 0.136. The van der Waals surface area contributed by atoms with E-state index in [2.05, 4.69) is 60.0 Å². The van der Waals surface area contributed by atoms with Crippen LogP contribution in [0.5, 0.6) is 0 Å². The summed E-state index contributed by atoms with van der Waals surface area (Å²) in [6, 6.07) is 0. The predicted octanol–water partition coefficient (Wildman–Crippen LogP) is 6.96. The smallest absolute Gasteiger partial charge is 0.0255 e. The fourth-order valence-corrected chi connectivity index (χ4v) is 2.67. The van der Waals surface area contributed by atoms with Gasteiger partial charge >= 0.3 is 0 Å². The van der Waals surface area contributed by atoms with Crippen molar-refractivity contribution in [2.24, 2.45) is 17.3 Å². The van der Waals surface area contributed by atoms with E-state index in [1.54, 1.807) is 0 Å². The summed E-state index contributed by atoms with van der Waals surface area (Å²) < 4.78 is 0. The van der Waals surface area contributed by atoms with Crippen LogP contribution in [0.25, 0.3) is 0 Å². The van der Waals surface area contributed by atoms with Crippen LogP contribution in [0, 0.1) is 29.1 Å². The van der Waals surface area contributed by atoms with Crippen molar-refractivity contribution in [1.29, 1.82) is 0 Å². The summed E-state index contributed by atoms with van der Waals surface area (Å²) in [4.78, 5) is 0. The largest absolute Gasteiger partial charge is 0.102 e. The van der Waals surface area contributed by atoms with Crippen LogP contribution in [-0.4, -0.2) is 0 Å². The van der Waals surface area contributed by atoms with E-state index in [0.717, 1.165) is 37.1 Å². The molecule has 0 saturated carbocycles. The Kier molecular flexibility index (Phi) is 9.80. The van der Waals surface area contributed by atoms with Gasteiger partial charge in [-0.1, -0.05) is 64.3 Å². The first kappa shape index (κ1) is 20.3. The van der Waals surface area contributed by atoms with E-state index in [0.29, 0.717) is 11.8 Å². The van der Waals surface area contributed by atoms with E-state index in [1.807, 2.05) is 6.08 Å². The zero-order valence-corrected chi connectivity index (χ0v) is 15.6. The maximum Gasteiger partial charge on any atom is 0.0255 e. The molecule has 0 fully saturated rings. The van der Waals surface area contributed by atoms with Gasteiger partial charge in [0.2, 0.25) is 0 Å². The van der Waals surface area contributed by atoms with E-state index in [1.165, 1.54) is 5.57 Å². The molecule has 0 amide bonds. The standard InChI is InChI=1S/C20H33Cl/c1-8-17(9-2)19(21)15-18(10-3)16(5)13-12-14-20(6,7)11-4/h8,16,18H,1,9-11,13,15H2,2-7H3/b19-17-/t16-,18?/m1/s1. The first-order valence-electron chi connectivity index (χ1n) is 8.31. The van der Waals surface area contributed by atoms with Gasteiger partial charge in [-0.05, 0) is 50.5 Å². The van der Waals surface area contributed by atoms with Crippen LogP contribution in [0.1, 0.15) is 73.6 Å². The zero-order chi connectivity index (χ0) is 16.5. The van der Waals surface area contributed by atoms with Crippen molar-refractivity contribution in [1.82, 2.24) is 0 Å². The van der Waals surface area contributed by atoms with Crippen molar-refractivity contribution in [3.63, 3.8) is 0 Å². The van der Waals surface area contributed by atoms with Crippen molar-refractivity contribution < 1.29 is 0 Å². The van der Waals surface area contributed by atoms with Gasteiger partial charge in [-0.3, -0.25) is 0 Å². The topological polar surface area (TPSA) is 0 Å². The third-order valence-corrected chi connectivity index (χ3v) is 4.88. The van der Waals surface area contributed by atoms with Crippen molar-refractivity contribution >= 4 is 11.6 Å². The van der Waals surface area contributed by atoms with E-state index < -0.39 is 0 Å². The molecule has 0 aliphatic heterocycles. The van der Waals surface area contributed by atoms with E-state index in [4.69, 9.17) is 11.6 Å². The minimum Gasteiger partial charge on any atom is -0.102 e. The summed E-state index contributed by atoms with van der Waals surface area (Å²) in [6.07, 6.45) is 7.00. The molecule has 0 N–H and O–H groups in total. The van der Waals surface area contributed by atoms with Crippen LogP contribution in [0.15, 0.2) is 23.3 Å². The molecule has 0 aromatic carbocycles.